The van der Waals surface area contributed by atoms with Crippen LogP contribution in [0.15, 0.2) is 34.8 Å². The molecule has 2 rings (SSSR count). The van der Waals surface area contributed by atoms with Crippen LogP contribution >= 0.6 is 15.9 Å². The van der Waals surface area contributed by atoms with Gasteiger partial charge in [0.2, 0.25) is 5.88 Å². The number of carboxylic acids is 1. The topological polar surface area (TPSA) is 68.7 Å². The van der Waals surface area contributed by atoms with Crippen molar-refractivity contribution in [1.82, 2.24) is 4.98 Å². The minimum atomic E-state index is -1.03. The highest BCUT2D eigenvalue weighted by Crippen LogP contribution is 2.28. The number of aromatic nitrogens is 1. The Morgan fingerprint density at radius 1 is 1.38 bits per heavy atom. The predicted octanol–water partition coefficient (Wildman–Crippen LogP) is 3.44. The van der Waals surface area contributed by atoms with Gasteiger partial charge in [-0.05, 0) is 30.7 Å². The summed E-state index contributed by atoms with van der Waals surface area (Å²) in [5.74, 6) is -0.203. The largest absolute Gasteiger partial charge is 0.486 e. The molecule has 0 bridgehead atoms. The summed E-state index contributed by atoms with van der Waals surface area (Å²) in [6, 6.07) is 8.65. The average molecular weight is 352 g/mol. The zero-order valence-corrected chi connectivity index (χ0v) is 13.2. The number of carboxylic acid groups (broad SMARTS) is 1. The van der Waals surface area contributed by atoms with Gasteiger partial charge in [-0.25, -0.2) is 9.78 Å². The molecule has 0 spiro atoms. The lowest BCUT2D eigenvalue weighted by atomic mass is 10.1. The van der Waals surface area contributed by atoms with E-state index in [4.69, 9.17) is 9.47 Å². The summed E-state index contributed by atoms with van der Waals surface area (Å²) in [6.07, 6.45) is 0. The summed E-state index contributed by atoms with van der Waals surface area (Å²) in [5, 5.41) is 9.26. The van der Waals surface area contributed by atoms with Crippen LogP contribution in [0.25, 0.3) is 0 Å². The molecule has 0 radical (unpaired) electrons. The van der Waals surface area contributed by atoms with Crippen molar-refractivity contribution in [3.8, 4) is 11.6 Å². The summed E-state index contributed by atoms with van der Waals surface area (Å²) in [5.41, 5.74) is 1.52. The number of carbonyl (C=O) groups is 1. The predicted molar refractivity (Wildman–Crippen MR) is 81.0 cm³/mol. The summed E-state index contributed by atoms with van der Waals surface area (Å²) >= 11 is 3.28. The quantitative estimate of drug-likeness (QED) is 0.893. The van der Waals surface area contributed by atoms with E-state index >= 15 is 0 Å². The summed E-state index contributed by atoms with van der Waals surface area (Å²) in [4.78, 5) is 15.5. The van der Waals surface area contributed by atoms with Gasteiger partial charge in [-0.2, -0.15) is 0 Å². The number of benzene rings is 1. The number of nitrogens with zero attached hydrogens (tertiary/aromatic N) is 1. The van der Waals surface area contributed by atoms with Crippen LogP contribution in [-0.4, -0.2) is 23.2 Å². The molecule has 0 saturated heterocycles. The number of hydrogen-bond acceptors (Lipinski definition) is 4. The van der Waals surface area contributed by atoms with Gasteiger partial charge in [-0.15, -0.1) is 0 Å². The molecular formula is C15H14BrNO4. The molecule has 5 nitrogen and oxygen atoms in total. The normalized spacial score (nSPS) is 10.2. The van der Waals surface area contributed by atoms with E-state index < -0.39 is 5.97 Å². The Hall–Kier alpha value is -2.08. The molecule has 0 fully saturated rings. The molecule has 0 unspecified atom stereocenters. The van der Waals surface area contributed by atoms with Crippen LogP contribution in [0.2, 0.25) is 0 Å². The third-order valence-corrected chi connectivity index (χ3v) is 3.28. The molecule has 6 heteroatoms. The first-order valence-corrected chi connectivity index (χ1v) is 6.96. The molecule has 0 saturated carbocycles. The van der Waals surface area contributed by atoms with E-state index in [2.05, 4.69) is 20.9 Å². The van der Waals surface area contributed by atoms with Crippen LogP contribution in [0, 0.1) is 6.92 Å². The number of halogens is 1. The first-order valence-electron chi connectivity index (χ1n) is 6.17. The Kier molecular flexibility index (Phi) is 4.80. The van der Waals surface area contributed by atoms with Crippen molar-refractivity contribution < 1.29 is 19.4 Å². The van der Waals surface area contributed by atoms with E-state index in [1.54, 1.807) is 31.2 Å². The maximum absolute atomic E-state index is 11.3. The van der Waals surface area contributed by atoms with E-state index in [1.165, 1.54) is 13.2 Å². The lowest BCUT2D eigenvalue weighted by Gasteiger charge is -2.12. The van der Waals surface area contributed by atoms with Gasteiger partial charge in [0.1, 0.15) is 17.9 Å². The fraction of sp³-hybridized carbons (Fsp3) is 0.200. The summed E-state index contributed by atoms with van der Waals surface area (Å²) < 4.78 is 11.4. The van der Waals surface area contributed by atoms with Crippen LogP contribution in [0.4, 0.5) is 0 Å². The number of aryl methyl sites for hydroxylation is 1. The van der Waals surface area contributed by atoms with Crippen LogP contribution in [0.3, 0.4) is 0 Å². The summed E-state index contributed by atoms with van der Waals surface area (Å²) in [6.45, 7) is 1.96. The van der Waals surface area contributed by atoms with Crippen molar-refractivity contribution >= 4 is 21.9 Å². The van der Waals surface area contributed by atoms with Gasteiger partial charge in [0.15, 0.2) is 0 Å². The van der Waals surface area contributed by atoms with Gasteiger partial charge >= 0.3 is 5.97 Å². The molecule has 1 aromatic carbocycles. The van der Waals surface area contributed by atoms with Gasteiger partial charge in [0, 0.05) is 10.5 Å². The molecule has 1 aromatic heterocycles. The Bertz CT molecular complexity index is 673. The van der Waals surface area contributed by atoms with Crippen molar-refractivity contribution in [3.63, 3.8) is 0 Å². The van der Waals surface area contributed by atoms with Gasteiger partial charge in [0.05, 0.1) is 12.8 Å². The average Bonchev–Trinajstić information content (AvgIpc) is 2.45. The Morgan fingerprint density at radius 2 is 2.14 bits per heavy atom. The van der Waals surface area contributed by atoms with Crippen LogP contribution in [0.5, 0.6) is 11.6 Å². The maximum Gasteiger partial charge on any atom is 0.339 e. The van der Waals surface area contributed by atoms with Crippen LogP contribution in [-0.2, 0) is 6.61 Å². The second-order valence-corrected chi connectivity index (χ2v) is 5.28. The Balaban J connectivity index is 2.25. The minimum Gasteiger partial charge on any atom is -0.486 e. The molecule has 0 atom stereocenters. The molecule has 0 aliphatic rings. The van der Waals surface area contributed by atoms with E-state index in [9.17, 15) is 9.90 Å². The SMILES string of the molecule is COc1cccc(COc2c(C)cc(Br)cc2C(=O)O)n1. The molecular weight excluding hydrogens is 338 g/mol. The third kappa shape index (κ3) is 3.72. The van der Waals surface area contributed by atoms with Crippen LogP contribution in [0.1, 0.15) is 21.6 Å². The standard InChI is InChI=1S/C15H14BrNO4/c1-9-6-10(16)7-12(15(18)19)14(9)21-8-11-4-3-5-13(17-11)20-2/h3-7H,8H2,1-2H3,(H,18,19). The van der Waals surface area contributed by atoms with Gasteiger partial charge in [0.25, 0.3) is 0 Å². The molecule has 0 amide bonds. The molecule has 0 aliphatic heterocycles. The highest BCUT2D eigenvalue weighted by molar-refractivity contribution is 9.10. The number of ether oxygens (including phenoxy) is 2. The molecule has 0 aliphatic carbocycles. The van der Waals surface area contributed by atoms with Gasteiger partial charge in [-0.1, -0.05) is 22.0 Å². The second-order valence-electron chi connectivity index (χ2n) is 4.36. The number of rotatable bonds is 5. The molecule has 1 N–H and O–H groups in total. The van der Waals surface area contributed by atoms with Gasteiger partial charge < -0.3 is 14.6 Å². The maximum atomic E-state index is 11.3. The Labute approximate surface area is 130 Å². The number of hydrogen-bond donors (Lipinski definition) is 1. The van der Waals surface area contributed by atoms with Crippen molar-refractivity contribution in [2.24, 2.45) is 0 Å². The molecule has 2 aromatic rings. The zero-order valence-electron chi connectivity index (χ0n) is 11.6. The monoisotopic (exact) mass is 351 g/mol. The van der Waals surface area contributed by atoms with Gasteiger partial charge in [-0.3, -0.25) is 0 Å². The zero-order chi connectivity index (χ0) is 15.4. The van der Waals surface area contributed by atoms with Crippen molar-refractivity contribution in [2.45, 2.75) is 13.5 Å². The highest BCUT2D eigenvalue weighted by atomic mass is 79.9. The van der Waals surface area contributed by atoms with Crippen molar-refractivity contribution in [3.05, 3.63) is 51.6 Å². The van der Waals surface area contributed by atoms with E-state index in [-0.39, 0.29) is 12.2 Å². The third-order valence-electron chi connectivity index (χ3n) is 2.82. The summed E-state index contributed by atoms with van der Waals surface area (Å²) in [7, 11) is 1.54. The lowest BCUT2D eigenvalue weighted by molar-refractivity contribution is 0.0691. The fourth-order valence-corrected chi connectivity index (χ4v) is 2.45. The number of aromatic carboxylic acids is 1. The first-order chi connectivity index (χ1) is 10.0. The fourth-order valence-electron chi connectivity index (χ4n) is 1.88. The number of methoxy groups -OCH3 is 1. The van der Waals surface area contributed by atoms with E-state index in [1.807, 2.05) is 0 Å². The lowest BCUT2D eigenvalue weighted by Crippen LogP contribution is -2.06. The van der Waals surface area contributed by atoms with E-state index in [0.717, 1.165) is 5.56 Å². The smallest absolute Gasteiger partial charge is 0.339 e. The highest BCUT2D eigenvalue weighted by Gasteiger charge is 2.15. The Morgan fingerprint density at radius 3 is 2.81 bits per heavy atom. The molecule has 110 valence electrons. The van der Waals surface area contributed by atoms with Crippen molar-refractivity contribution in [1.29, 1.82) is 0 Å². The molecule has 21 heavy (non-hydrogen) atoms. The van der Waals surface area contributed by atoms with Crippen molar-refractivity contribution in [2.75, 3.05) is 7.11 Å². The van der Waals surface area contributed by atoms with E-state index in [0.29, 0.717) is 21.8 Å². The number of pyridine rings is 1. The van der Waals surface area contributed by atoms with Crippen LogP contribution < -0.4 is 9.47 Å². The minimum absolute atomic E-state index is 0.116. The molecule has 1 heterocycles. The first kappa shape index (κ1) is 15.3. The second kappa shape index (κ2) is 6.58.